The van der Waals surface area contributed by atoms with Crippen LogP contribution in [0.3, 0.4) is 0 Å². The van der Waals surface area contributed by atoms with Gasteiger partial charge < -0.3 is 5.73 Å². The van der Waals surface area contributed by atoms with Gasteiger partial charge in [0.15, 0.2) is 0 Å². The number of thioether (sulfide) groups is 1. The van der Waals surface area contributed by atoms with Gasteiger partial charge in [-0.05, 0) is 42.0 Å². The Morgan fingerprint density at radius 2 is 1.58 bits per heavy atom. The fourth-order valence-corrected chi connectivity index (χ4v) is 3.00. The molecule has 0 aliphatic heterocycles. The van der Waals surface area contributed by atoms with Gasteiger partial charge in [-0.15, -0.1) is 11.8 Å². The van der Waals surface area contributed by atoms with Crippen LogP contribution in [0.15, 0.2) is 59.5 Å². The first kappa shape index (κ1) is 14.2. The molecule has 1 nitrogen and oxygen atoms in total. The van der Waals surface area contributed by atoms with E-state index < -0.39 is 0 Å². The van der Waals surface area contributed by atoms with E-state index in [1.54, 1.807) is 0 Å². The minimum Gasteiger partial charge on any atom is -0.330 e. The van der Waals surface area contributed by atoms with E-state index in [-0.39, 0.29) is 0 Å². The lowest BCUT2D eigenvalue weighted by atomic mass is 9.89. The fraction of sp³-hybridized carbons (Fsp3) is 0.294. The van der Waals surface area contributed by atoms with Gasteiger partial charge in [0.1, 0.15) is 0 Å². The number of hydrogen-bond donors (Lipinski definition) is 1. The number of nitrogens with two attached hydrogens (primary N) is 1. The van der Waals surface area contributed by atoms with Gasteiger partial charge in [-0.1, -0.05) is 49.4 Å². The molecule has 2 aromatic carbocycles. The second kappa shape index (κ2) is 7.37. The van der Waals surface area contributed by atoms with E-state index in [0.29, 0.717) is 12.5 Å². The molecule has 2 rings (SSSR count). The van der Waals surface area contributed by atoms with Crippen LogP contribution in [0.5, 0.6) is 0 Å². The van der Waals surface area contributed by atoms with Crippen LogP contribution >= 0.6 is 11.8 Å². The molecule has 0 aromatic heterocycles. The lowest BCUT2D eigenvalue weighted by Gasteiger charge is -2.17. The zero-order valence-electron chi connectivity index (χ0n) is 11.4. The van der Waals surface area contributed by atoms with Crippen LogP contribution in [-0.2, 0) is 0 Å². The van der Waals surface area contributed by atoms with E-state index in [0.717, 1.165) is 12.2 Å². The minimum absolute atomic E-state index is 0.409. The maximum atomic E-state index is 5.78. The largest absolute Gasteiger partial charge is 0.330 e. The number of benzene rings is 2. The third-order valence-electron chi connectivity index (χ3n) is 3.25. The molecule has 2 N–H and O–H groups in total. The minimum atomic E-state index is 0.409. The van der Waals surface area contributed by atoms with Crippen LogP contribution in [0.4, 0.5) is 0 Å². The molecule has 0 radical (unpaired) electrons. The van der Waals surface area contributed by atoms with E-state index in [9.17, 15) is 0 Å². The standard InChI is InChI=1S/C17H21NS/c1-2-19-16-10-8-15(9-11-16)17(12-13-18)14-6-4-3-5-7-14/h3-11,17H,2,12-13,18H2,1H3. The molecule has 0 heterocycles. The Kier molecular flexibility index (Phi) is 5.49. The normalized spacial score (nSPS) is 12.3. The van der Waals surface area contributed by atoms with Crippen molar-refractivity contribution >= 4 is 11.8 Å². The van der Waals surface area contributed by atoms with E-state index in [2.05, 4.69) is 61.5 Å². The van der Waals surface area contributed by atoms with Crippen molar-refractivity contribution in [1.29, 1.82) is 0 Å². The van der Waals surface area contributed by atoms with E-state index >= 15 is 0 Å². The third-order valence-corrected chi connectivity index (χ3v) is 4.14. The molecule has 0 bridgehead atoms. The maximum Gasteiger partial charge on any atom is 0.0101 e. The molecule has 1 atom stereocenters. The van der Waals surface area contributed by atoms with E-state index in [1.165, 1.54) is 16.0 Å². The predicted molar refractivity (Wildman–Crippen MR) is 84.8 cm³/mol. The topological polar surface area (TPSA) is 26.0 Å². The van der Waals surface area contributed by atoms with Crippen LogP contribution in [0.2, 0.25) is 0 Å². The molecular formula is C17H21NS. The van der Waals surface area contributed by atoms with Crippen molar-refractivity contribution < 1.29 is 0 Å². The first-order valence-corrected chi connectivity index (χ1v) is 7.81. The summed E-state index contributed by atoms with van der Waals surface area (Å²) in [4.78, 5) is 1.34. The van der Waals surface area contributed by atoms with Gasteiger partial charge in [0.25, 0.3) is 0 Å². The summed E-state index contributed by atoms with van der Waals surface area (Å²) in [7, 11) is 0. The highest BCUT2D eigenvalue weighted by Crippen LogP contribution is 2.29. The Bertz CT molecular complexity index is 478. The highest BCUT2D eigenvalue weighted by Gasteiger charge is 2.12. The van der Waals surface area contributed by atoms with Crippen LogP contribution in [-0.4, -0.2) is 12.3 Å². The Morgan fingerprint density at radius 1 is 0.947 bits per heavy atom. The highest BCUT2D eigenvalue weighted by molar-refractivity contribution is 7.99. The van der Waals surface area contributed by atoms with Crippen molar-refractivity contribution in [1.82, 2.24) is 0 Å². The highest BCUT2D eigenvalue weighted by atomic mass is 32.2. The molecule has 0 fully saturated rings. The van der Waals surface area contributed by atoms with Crippen LogP contribution < -0.4 is 5.73 Å². The number of hydrogen-bond acceptors (Lipinski definition) is 2. The van der Waals surface area contributed by atoms with Crippen LogP contribution in [0.25, 0.3) is 0 Å². The zero-order valence-corrected chi connectivity index (χ0v) is 12.2. The first-order valence-electron chi connectivity index (χ1n) is 6.83. The van der Waals surface area contributed by atoms with Crippen LogP contribution in [0.1, 0.15) is 30.4 Å². The van der Waals surface area contributed by atoms with Crippen molar-refractivity contribution in [2.75, 3.05) is 12.3 Å². The van der Waals surface area contributed by atoms with Crippen molar-refractivity contribution in [3.8, 4) is 0 Å². The first-order chi connectivity index (χ1) is 9.35. The smallest absolute Gasteiger partial charge is 0.0101 e. The summed E-state index contributed by atoms with van der Waals surface area (Å²) in [5.74, 6) is 1.52. The predicted octanol–water partition coefficient (Wildman–Crippen LogP) is 4.28. The second-order valence-electron chi connectivity index (χ2n) is 4.54. The molecule has 0 amide bonds. The lowest BCUT2D eigenvalue weighted by Crippen LogP contribution is -2.08. The molecule has 2 aromatic rings. The Morgan fingerprint density at radius 3 is 2.16 bits per heavy atom. The summed E-state index contributed by atoms with van der Waals surface area (Å²) < 4.78 is 0. The molecule has 19 heavy (non-hydrogen) atoms. The van der Waals surface area contributed by atoms with E-state index in [4.69, 9.17) is 5.73 Å². The van der Waals surface area contributed by atoms with Crippen molar-refractivity contribution in [2.24, 2.45) is 5.73 Å². The molecule has 100 valence electrons. The molecule has 0 saturated heterocycles. The van der Waals surface area contributed by atoms with Crippen molar-refractivity contribution in [2.45, 2.75) is 24.2 Å². The summed E-state index contributed by atoms with van der Waals surface area (Å²) in [6.45, 7) is 2.89. The molecule has 0 spiro atoms. The third kappa shape index (κ3) is 3.85. The zero-order chi connectivity index (χ0) is 13.5. The molecule has 1 unspecified atom stereocenters. The molecule has 0 aliphatic carbocycles. The van der Waals surface area contributed by atoms with Crippen molar-refractivity contribution in [3.05, 3.63) is 65.7 Å². The van der Waals surface area contributed by atoms with Gasteiger partial charge in [-0.25, -0.2) is 0 Å². The fourth-order valence-electron chi connectivity index (χ4n) is 2.34. The Hall–Kier alpha value is -1.25. The average molecular weight is 271 g/mol. The van der Waals surface area contributed by atoms with Gasteiger partial charge in [0, 0.05) is 10.8 Å². The molecule has 0 aliphatic rings. The van der Waals surface area contributed by atoms with Crippen LogP contribution in [0, 0.1) is 0 Å². The summed E-state index contributed by atoms with van der Waals surface area (Å²) >= 11 is 1.88. The summed E-state index contributed by atoms with van der Waals surface area (Å²) in [5, 5.41) is 0. The van der Waals surface area contributed by atoms with E-state index in [1.807, 2.05) is 11.8 Å². The second-order valence-corrected chi connectivity index (χ2v) is 5.88. The molecular weight excluding hydrogens is 250 g/mol. The van der Waals surface area contributed by atoms with Gasteiger partial charge >= 0.3 is 0 Å². The van der Waals surface area contributed by atoms with Crippen molar-refractivity contribution in [3.63, 3.8) is 0 Å². The van der Waals surface area contributed by atoms with Gasteiger partial charge in [0.2, 0.25) is 0 Å². The number of rotatable bonds is 6. The van der Waals surface area contributed by atoms with Gasteiger partial charge in [-0.2, -0.15) is 0 Å². The lowest BCUT2D eigenvalue weighted by molar-refractivity contribution is 0.725. The molecule has 2 heteroatoms. The quantitative estimate of drug-likeness (QED) is 0.794. The summed E-state index contributed by atoms with van der Waals surface area (Å²) in [6, 6.07) is 19.6. The summed E-state index contributed by atoms with van der Waals surface area (Å²) in [5.41, 5.74) is 8.49. The average Bonchev–Trinajstić information content (AvgIpc) is 2.47. The Balaban J connectivity index is 2.24. The Labute approximate surface area is 120 Å². The summed E-state index contributed by atoms with van der Waals surface area (Å²) in [6.07, 6.45) is 0.990. The maximum absolute atomic E-state index is 5.78. The SMILES string of the molecule is CCSc1ccc(C(CCN)c2ccccc2)cc1. The van der Waals surface area contributed by atoms with Gasteiger partial charge in [-0.3, -0.25) is 0 Å². The monoisotopic (exact) mass is 271 g/mol. The van der Waals surface area contributed by atoms with Gasteiger partial charge in [0.05, 0.1) is 0 Å². The molecule has 0 saturated carbocycles.